The number of nitrogens with zero attached hydrogens (tertiary/aromatic N) is 4. The number of amides is 2. The summed E-state index contributed by atoms with van der Waals surface area (Å²) in [4.78, 5) is 38.6. The van der Waals surface area contributed by atoms with Crippen LogP contribution in [0.3, 0.4) is 0 Å². The predicted octanol–water partition coefficient (Wildman–Crippen LogP) is 4.50. The zero-order chi connectivity index (χ0) is 29.4. The normalized spacial score (nSPS) is 11.0. The number of para-hydroxylation sites is 2. The third kappa shape index (κ3) is 8.80. The Bertz CT molecular complexity index is 1530. The molecule has 4 rings (SSSR count). The van der Waals surface area contributed by atoms with Crippen molar-refractivity contribution in [2.45, 2.75) is 4.90 Å². The monoisotopic (exact) mass is 574 g/mol. The molecule has 4 N–H and O–H groups in total. The Morgan fingerprint density at radius 1 is 0.756 bits per heavy atom. The van der Waals surface area contributed by atoms with Gasteiger partial charge in [0.05, 0.1) is 31.2 Å². The Kier molecular flexibility index (Phi) is 9.95. The van der Waals surface area contributed by atoms with E-state index in [0.29, 0.717) is 41.0 Å². The molecular formula is C29H34N8O3S. The van der Waals surface area contributed by atoms with Crippen molar-refractivity contribution in [3.8, 4) is 5.75 Å². The summed E-state index contributed by atoms with van der Waals surface area (Å²) in [5, 5.41) is 9.15. The van der Waals surface area contributed by atoms with Crippen molar-refractivity contribution in [3.63, 3.8) is 0 Å². The number of rotatable bonds is 12. The number of nitrogens with one attached hydrogen (secondary N) is 4. The van der Waals surface area contributed by atoms with Crippen LogP contribution >= 0.6 is 11.9 Å². The minimum atomic E-state index is -0.140. The first-order chi connectivity index (χ1) is 19.7. The molecule has 0 saturated carbocycles. The maximum absolute atomic E-state index is 12.4. The van der Waals surface area contributed by atoms with Gasteiger partial charge in [-0.25, -0.2) is 9.97 Å². The van der Waals surface area contributed by atoms with E-state index in [-0.39, 0.29) is 18.4 Å². The minimum absolute atomic E-state index is 0.0902. The summed E-state index contributed by atoms with van der Waals surface area (Å²) in [5.41, 5.74) is 3.40. The number of likely N-dealkylation sites (N-methyl/N-ethyl adjacent to an activating group) is 2. The molecule has 0 spiro atoms. The fourth-order valence-electron chi connectivity index (χ4n) is 3.88. The van der Waals surface area contributed by atoms with Gasteiger partial charge in [-0.2, -0.15) is 0 Å². The van der Waals surface area contributed by atoms with E-state index in [2.05, 4.69) is 20.7 Å². The summed E-state index contributed by atoms with van der Waals surface area (Å²) < 4.78 is 8.78. The first kappa shape index (κ1) is 29.6. The highest BCUT2D eigenvalue weighted by atomic mass is 32.2. The lowest BCUT2D eigenvalue weighted by molar-refractivity contribution is -0.117. The van der Waals surface area contributed by atoms with Gasteiger partial charge in [0.1, 0.15) is 5.75 Å². The van der Waals surface area contributed by atoms with Crippen molar-refractivity contribution >= 4 is 63.5 Å². The third-order valence-electron chi connectivity index (χ3n) is 5.56. The average molecular weight is 575 g/mol. The fourth-order valence-corrected chi connectivity index (χ4v) is 4.57. The van der Waals surface area contributed by atoms with Gasteiger partial charge in [-0.15, -0.1) is 0 Å². The van der Waals surface area contributed by atoms with Gasteiger partial charge in [0, 0.05) is 34.1 Å². The molecule has 0 unspecified atom stereocenters. The van der Waals surface area contributed by atoms with Gasteiger partial charge in [-0.3, -0.25) is 9.59 Å². The largest absolute Gasteiger partial charge is 0.497 e. The van der Waals surface area contributed by atoms with Crippen LogP contribution in [0.25, 0.3) is 11.0 Å². The molecular weight excluding hydrogens is 540 g/mol. The molecule has 0 radical (unpaired) electrons. The highest BCUT2D eigenvalue weighted by Gasteiger charge is 2.13. The number of methoxy groups -OCH3 is 1. The first-order valence-corrected chi connectivity index (χ1v) is 13.6. The standard InChI is InChI=1S/C29H34N8O3S/c1-36(2)17-26(38)30-19-9-8-10-23(16-19)41-35-29-28(33-24-11-6-7-12-25(24)34-29)32-21-13-20(14-22(15-21)40-5)31-27(39)18-37(3)4/h6-16H,17-18H2,1-5H3,(H,30,38)(H,31,39)(H,32,33)(H,34,35). The predicted molar refractivity (Wildman–Crippen MR) is 166 cm³/mol. The Labute approximate surface area is 243 Å². The topological polar surface area (TPSA) is 124 Å². The van der Waals surface area contributed by atoms with Gasteiger partial charge >= 0.3 is 0 Å². The van der Waals surface area contributed by atoms with Gasteiger partial charge in [0.25, 0.3) is 0 Å². The van der Waals surface area contributed by atoms with E-state index in [1.807, 2.05) is 93.8 Å². The SMILES string of the molecule is COc1cc(NC(=O)CN(C)C)cc(Nc2nc3ccccc3nc2NSc2cccc(NC(=O)CN(C)C)c2)c1. The number of anilines is 5. The second-order valence-electron chi connectivity index (χ2n) is 9.79. The first-order valence-electron chi connectivity index (χ1n) is 12.8. The molecule has 0 aliphatic rings. The number of aromatic nitrogens is 2. The lowest BCUT2D eigenvalue weighted by atomic mass is 10.2. The van der Waals surface area contributed by atoms with Crippen molar-refractivity contribution < 1.29 is 14.3 Å². The van der Waals surface area contributed by atoms with E-state index in [1.54, 1.807) is 18.1 Å². The Morgan fingerprint density at radius 2 is 1.37 bits per heavy atom. The molecule has 11 nitrogen and oxygen atoms in total. The van der Waals surface area contributed by atoms with Crippen molar-refractivity contribution in [2.24, 2.45) is 0 Å². The van der Waals surface area contributed by atoms with Crippen LogP contribution in [0.15, 0.2) is 71.6 Å². The third-order valence-corrected chi connectivity index (χ3v) is 6.35. The van der Waals surface area contributed by atoms with Crippen molar-refractivity contribution in [2.75, 3.05) is 69.1 Å². The van der Waals surface area contributed by atoms with Crippen molar-refractivity contribution in [1.29, 1.82) is 0 Å². The molecule has 2 amide bonds. The molecule has 0 fully saturated rings. The van der Waals surface area contributed by atoms with Crippen LogP contribution in [0, 0.1) is 0 Å². The maximum atomic E-state index is 12.4. The van der Waals surface area contributed by atoms with Crippen LogP contribution in [-0.2, 0) is 9.59 Å². The van der Waals surface area contributed by atoms with Gasteiger partial charge in [0.15, 0.2) is 11.6 Å². The molecule has 0 atom stereocenters. The molecule has 0 aliphatic carbocycles. The molecule has 0 aliphatic heterocycles. The lowest BCUT2D eigenvalue weighted by Crippen LogP contribution is -2.27. The second-order valence-corrected chi connectivity index (χ2v) is 10.7. The van der Waals surface area contributed by atoms with Gasteiger partial charge in [-0.1, -0.05) is 18.2 Å². The summed E-state index contributed by atoms with van der Waals surface area (Å²) in [6.07, 6.45) is 0. The highest BCUT2D eigenvalue weighted by molar-refractivity contribution is 8.00. The van der Waals surface area contributed by atoms with Crippen LogP contribution in [0.1, 0.15) is 0 Å². The fraction of sp³-hybridized carbons (Fsp3) is 0.241. The lowest BCUT2D eigenvalue weighted by Gasteiger charge is -2.16. The van der Waals surface area contributed by atoms with Crippen molar-refractivity contribution in [3.05, 3.63) is 66.7 Å². The summed E-state index contributed by atoms with van der Waals surface area (Å²) in [6.45, 7) is 0.546. The highest BCUT2D eigenvalue weighted by Crippen LogP contribution is 2.32. The molecule has 0 saturated heterocycles. The molecule has 214 valence electrons. The quantitative estimate of drug-likeness (QED) is 0.180. The molecule has 41 heavy (non-hydrogen) atoms. The van der Waals surface area contributed by atoms with E-state index < -0.39 is 0 Å². The van der Waals surface area contributed by atoms with E-state index in [1.165, 1.54) is 11.9 Å². The number of hydrogen-bond acceptors (Lipinski definition) is 10. The van der Waals surface area contributed by atoms with Crippen LogP contribution in [0.4, 0.5) is 28.7 Å². The second kappa shape index (κ2) is 13.8. The van der Waals surface area contributed by atoms with Gasteiger partial charge in [0.2, 0.25) is 11.8 Å². The number of benzene rings is 3. The number of carbonyl (C=O) groups is 2. The number of ether oxygens (including phenoxy) is 1. The van der Waals surface area contributed by atoms with Gasteiger partial charge < -0.3 is 35.2 Å². The summed E-state index contributed by atoms with van der Waals surface area (Å²) in [7, 11) is 8.93. The molecule has 0 bridgehead atoms. The molecule has 1 aromatic heterocycles. The smallest absolute Gasteiger partial charge is 0.238 e. The molecule has 12 heteroatoms. The molecule has 4 aromatic rings. The zero-order valence-electron chi connectivity index (χ0n) is 23.7. The van der Waals surface area contributed by atoms with E-state index >= 15 is 0 Å². The van der Waals surface area contributed by atoms with E-state index in [9.17, 15) is 9.59 Å². The summed E-state index contributed by atoms with van der Waals surface area (Å²) in [6, 6.07) is 20.5. The molecule has 1 heterocycles. The van der Waals surface area contributed by atoms with Gasteiger partial charge in [-0.05, 0) is 76.5 Å². The van der Waals surface area contributed by atoms with Crippen LogP contribution in [-0.4, -0.2) is 80.0 Å². The zero-order valence-corrected chi connectivity index (χ0v) is 24.5. The Hall–Kier alpha value is -4.39. The van der Waals surface area contributed by atoms with Crippen LogP contribution < -0.4 is 25.4 Å². The number of fused-ring (bicyclic) bond motifs is 1. The number of hydrogen-bond donors (Lipinski definition) is 4. The summed E-state index contributed by atoms with van der Waals surface area (Å²) >= 11 is 1.35. The summed E-state index contributed by atoms with van der Waals surface area (Å²) in [5.74, 6) is 1.34. The number of carbonyl (C=O) groups excluding carboxylic acids is 2. The van der Waals surface area contributed by atoms with Crippen LogP contribution in [0.2, 0.25) is 0 Å². The van der Waals surface area contributed by atoms with Crippen LogP contribution in [0.5, 0.6) is 5.75 Å². The Balaban J connectivity index is 1.58. The Morgan fingerprint density at radius 3 is 2.00 bits per heavy atom. The maximum Gasteiger partial charge on any atom is 0.238 e. The van der Waals surface area contributed by atoms with Crippen molar-refractivity contribution in [1.82, 2.24) is 19.8 Å². The van der Waals surface area contributed by atoms with E-state index in [4.69, 9.17) is 14.7 Å². The van der Waals surface area contributed by atoms with E-state index in [0.717, 1.165) is 15.9 Å². The minimum Gasteiger partial charge on any atom is -0.497 e. The average Bonchev–Trinajstić information content (AvgIpc) is 2.91. The molecule has 3 aromatic carbocycles.